The van der Waals surface area contributed by atoms with Crippen LogP contribution in [-0.2, 0) is 15.7 Å². The molecule has 28 heavy (non-hydrogen) atoms. The summed E-state index contributed by atoms with van der Waals surface area (Å²) >= 11 is 1.21. The fraction of sp³-hybridized carbons (Fsp3) is 0.176. The minimum atomic E-state index is -4.59. The molecule has 3 rings (SSSR count). The molecule has 1 aromatic carbocycles. The molecule has 0 aliphatic heterocycles. The standard InChI is InChI=1S/C17H13F3N4O3S/c1-10-2-5-14(28-10)16(26)27-7-15(25)23-12-6-11(17(18,19)20)3-4-13(12)24-9-21-8-22-24/h2-6,8-9H,7H2,1H3,(H,23,25). The summed E-state index contributed by atoms with van der Waals surface area (Å²) in [5, 5.41) is 6.17. The van der Waals surface area contributed by atoms with Crippen molar-refractivity contribution >= 4 is 28.9 Å². The van der Waals surface area contributed by atoms with Crippen LogP contribution < -0.4 is 5.32 Å². The van der Waals surface area contributed by atoms with Crippen molar-refractivity contribution in [3.05, 3.63) is 58.3 Å². The minimum absolute atomic E-state index is 0.145. The molecule has 1 amide bonds. The summed E-state index contributed by atoms with van der Waals surface area (Å²) in [6.07, 6.45) is -2.12. The molecule has 0 spiro atoms. The van der Waals surface area contributed by atoms with Crippen molar-refractivity contribution in [1.82, 2.24) is 14.8 Å². The number of hydrogen-bond donors (Lipinski definition) is 1. The largest absolute Gasteiger partial charge is 0.451 e. The summed E-state index contributed by atoms with van der Waals surface area (Å²) < 4.78 is 45.1. The maximum atomic E-state index is 13.0. The summed E-state index contributed by atoms with van der Waals surface area (Å²) in [6, 6.07) is 6.10. The van der Waals surface area contributed by atoms with Gasteiger partial charge >= 0.3 is 12.1 Å². The van der Waals surface area contributed by atoms with Gasteiger partial charge in [-0.15, -0.1) is 11.3 Å². The molecular weight excluding hydrogens is 397 g/mol. The van der Waals surface area contributed by atoms with Crippen molar-refractivity contribution in [2.45, 2.75) is 13.1 Å². The zero-order chi connectivity index (χ0) is 20.3. The highest BCUT2D eigenvalue weighted by Gasteiger charge is 2.31. The van der Waals surface area contributed by atoms with E-state index < -0.39 is 30.2 Å². The SMILES string of the molecule is Cc1ccc(C(=O)OCC(=O)Nc2cc(C(F)(F)F)ccc2-n2cncn2)s1. The zero-order valence-corrected chi connectivity index (χ0v) is 15.2. The maximum absolute atomic E-state index is 13.0. The number of esters is 1. The molecule has 0 aliphatic rings. The second-order valence-electron chi connectivity index (χ2n) is 5.60. The van der Waals surface area contributed by atoms with Crippen LogP contribution in [-0.4, -0.2) is 33.2 Å². The number of amides is 1. The Labute approximate surface area is 160 Å². The minimum Gasteiger partial charge on any atom is -0.451 e. The van der Waals surface area contributed by atoms with Gasteiger partial charge in [0.05, 0.1) is 16.9 Å². The van der Waals surface area contributed by atoms with Crippen LogP contribution in [0.1, 0.15) is 20.1 Å². The van der Waals surface area contributed by atoms with Crippen molar-refractivity contribution in [3.63, 3.8) is 0 Å². The van der Waals surface area contributed by atoms with E-state index in [1.54, 1.807) is 12.1 Å². The number of carbonyl (C=O) groups excluding carboxylic acids is 2. The van der Waals surface area contributed by atoms with E-state index in [-0.39, 0.29) is 11.4 Å². The van der Waals surface area contributed by atoms with Crippen LogP contribution in [0.2, 0.25) is 0 Å². The number of aromatic nitrogens is 3. The third kappa shape index (κ3) is 4.55. The topological polar surface area (TPSA) is 86.1 Å². The Morgan fingerprint density at radius 3 is 2.64 bits per heavy atom. The van der Waals surface area contributed by atoms with E-state index in [1.807, 2.05) is 6.92 Å². The lowest BCUT2D eigenvalue weighted by molar-refractivity contribution is -0.137. The molecule has 0 saturated carbocycles. The number of rotatable bonds is 5. The Balaban J connectivity index is 1.76. The van der Waals surface area contributed by atoms with E-state index in [4.69, 9.17) is 4.74 Å². The number of benzene rings is 1. The number of nitrogens with zero attached hydrogens (tertiary/aromatic N) is 3. The predicted molar refractivity (Wildman–Crippen MR) is 94.3 cm³/mol. The molecule has 0 aliphatic carbocycles. The normalized spacial score (nSPS) is 11.3. The lowest BCUT2D eigenvalue weighted by atomic mass is 10.1. The summed E-state index contributed by atoms with van der Waals surface area (Å²) in [6.45, 7) is 1.16. The molecule has 1 N–H and O–H groups in total. The summed E-state index contributed by atoms with van der Waals surface area (Å²) in [7, 11) is 0. The second-order valence-corrected chi connectivity index (χ2v) is 6.89. The highest BCUT2D eigenvalue weighted by atomic mass is 32.1. The first kappa shape index (κ1) is 19.5. The highest BCUT2D eigenvalue weighted by molar-refractivity contribution is 7.13. The third-order valence-electron chi connectivity index (χ3n) is 3.54. The molecule has 0 bridgehead atoms. The van der Waals surface area contributed by atoms with Gasteiger partial charge in [-0.2, -0.15) is 18.3 Å². The number of ether oxygens (including phenoxy) is 1. The van der Waals surface area contributed by atoms with Gasteiger partial charge in [0.15, 0.2) is 6.61 Å². The third-order valence-corrected chi connectivity index (χ3v) is 4.52. The lowest BCUT2D eigenvalue weighted by Gasteiger charge is -2.14. The number of carbonyl (C=O) groups is 2. The van der Waals surface area contributed by atoms with Gasteiger partial charge in [-0.1, -0.05) is 0 Å². The first-order valence-corrected chi connectivity index (χ1v) is 8.65. The monoisotopic (exact) mass is 410 g/mol. The van der Waals surface area contributed by atoms with Crippen LogP contribution >= 0.6 is 11.3 Å². The molecule has 0 fully saturated rings. The molecular formula is C17H13F3N4O3S. The first-order valence-electron chi connectivity index (χ1n) is 7.83. The second kappa shape index (κ2) is 7.80. The molecule has 3 aromatic rings. The Bertz CT molecular complexity index is 999. The quantitative estimate of drug-likeness (QED) is 0.651. The van der Waals surface area contributed by atoms with Crippen LogP contribution in [0, 0.1) is 6.92 Å². The predicted octanol–water partition coefficient (Wildman–Crippen LogP) is 3.45. The first-order chi connectivity index (χ1) is 13.2. The van der Waals surface area contributed by atoms with E-state index in [2.05, 4.69) is 15.4 Å². The fourth-order valence-corrected chi connectivity index (χ4v) is 3.04. The van der Waals surface area contributed by atoms with Crippen molar-refractivity contribution in [1.29, 1.82) is 0 Å². The molecule has 146 valence electrons. The van der Waals surface area contributed by atoms with Gasteiger partial charge in [0, 0.05) is 4.88 Å². The van der Waals surface area contributed by atoms with E-state index >= 15 is 0 Å². The van der Waals surface area contributed by atoms with Gasteiger partial charge in [0.1, 0.15) is 17.5 Å². The number of alkyl halides is 3. The van der Waals surface area contributed by atoms with E-state index in [0.717, 1.165) is 23.1 Å². The van der Waals surface area contributed by atoms with E-state index in [9.17, 15) is 22.8 Å². The van der Waals surface area contributed by atoms with Crippen molar-refractivity contribution in [2.24, 2.45) is 0 Å². The van der Waals surface area contributed by atoms with Crippen LogP contribution in [0.3, 0.4) is 0 Å². The average Bonchev–Trinajstić information content (AvgIpc) is 3.30. The van der Waals surface area contributed by atoms with E-state index in [1.165, 1.54) is 28.7 Å². The molecule has 11 heteroatoms. The van der Waals surface area contributed by atoms with Gasteiger partial charge < -0.3 is 10.1 Å². The number of nitrogens with one attached hydrogen (secondary N) is 1. The Hall–Kier alpha value is -3.21. The molecule has 7 nitrogen and oxygen atoms in total. The van der Waals surface area contributed by atoms with Gasteiger partial charge in [0.25, 0.3) is 5.91 Å². The van der Waals surface area contributed by atoms with Gasteiger partial charge in [-0.3, -0.25) is 4.79 Å². The summed E-state index contributed by atoms with van der Waals surface area (Å²) in [5.74, 6) is -1.48. The highest BCUT2D eigenvalue weighted by Crippen LogP contribution is 2.33. The number of thiophene rings is 1. The van der Waals surface area contributed by atoms with Crippen molar-refractivity contribution in [3.8, 4) is 5.69 Å². The molecule has 2 aromatic heterocycles. The number of hydrogen-bond acceptors (Lipinski definition) is 6. The van der Waals surface area contributed by atoms with Crippen LogP contribution in [0.15, 0.2) is 43.0 Å². The van der Waals surface area contributed by atoms with Crippen molar-refractivity contribution < 1.29 is 27.5 Å². The van der Waals surface area contributed by atoms with Crippen LogP contribution in [0.25, 0.3) is 5.69 Å². The fourth-order valence-electron chi connectivity index (χ4n) is 2.28. The molecule has 0 atom stereocenters. The van der Waals surface area contributed by atoms with Crippen LogP contribution in [0.5, 0.6) is 0 Å². The maximum Gasteiger partial charge on any atom is 0.416 e. The zero-order valence-electron chi connectivity index (χ0n) is 14.4. The molecule has 0 unspecified atom stereocenters. The number of aryl methyl sites for hydroxylation is 1. The smallest absolute Gasteiger partial charge is 0.416 e. The van der Waals surface area contributed by atoms with Crippen LogP contribution in [0.4, 0.5) is 18.9 Å². The summed E-state index contributed by atoms with van der Waals surface area (Å²) in [5.41, 5.74) is -0.912. The van der Waals surface area contributed by atoms with Gasteiger partial charge in [-0.05, 0) is 37.3 Å². The Morgan fingerprint density at radius 1 is 1.25 bits per heavy atom. The Morgan fingerprint density at radius 2 is 2.04 bits per heavy atom. The number of anilines is 1. The van der Waals surface area contributed by atoms with E-state index in [0.29, 0.717) is 4.88 Å². The Kier molecular flexibility index (Phi) is 5.45. The molecule has 0 radical (unpaired) electrons. The van der Waals surface area contributed by atoms with Crippen molar-refractivity contribution in [2.75, 3.05) is 11.9 Å². The summed E-state index contributed by atoms with van der Waals surface area (Å²) in [4.78, 5) is 29.0. The van der Waals surface area contributed by atoms with Gasteiger partial charge in [0.2, 0.25) is 0 Å². The lowest BCUT2D eigenvalue weighted by Crippen LogP contribution is -2.22. The van der Waals surface area contributed by atoms with Gasteiger partial charge in [-0.25, -0.2) is 14.5 Å². The average molecular weight is 410 g/mol. The number of halogens is 3. The molecule has 0 saturated heterocycles. The molecule has 2 heterocycles.